The Labute approximate surface area is 125 Å². The molecule has 0 fully saturated rings. The second kappa shape index (κ2) is 5.32. The molecule has 3 rings (SSSR count). The zero-order valence-electron chi connectivity index (χ0n) is 10.5. The fraction of sp³-hybridized carbons (Fsp3) is 0. The zero-order valence-corrected chi connectivity index (χ0v) is 12.1. The number of aromatic nitrogens is 2. The van der Waals surface area contributed by atoms with Crippen molar-refractivity contribution in [3.63, 3.8) is 0 Å². The monoisotopic (exact) mass is 323 g/mol. The highest BCUT2D eigenvalue weighted by molar-refractivity contribution is 9.10. The van der Waals surface area contributed by atoms with Gasteiger partial charge in [-0.1, -0.05) is 46.3 Å². The van der Waals surface area contributed by atoms with Gasteiger partial charge in [-0.3, -0.25) is 0 Å². The van der Waals surface area contributed by atoms with Crippen molar-refractivity contribution in [1.29, 1.82) is 5.26 Å². The van der Waals surface area contributed by atoms with Crippen molar-refractivity contribution >= 4 is 15.9 Å². The van der Waals surface area contributed by atoms with Gasteiger partial charge in [-0.2, -0.15) is 10.4 Å². The predicted molar refractivity (Wildman–Crippen MR) is 81.4 cm³/mol. The number of nitrogens with zero attached hydrogens (tertiary/aromatic N) is 3. The van der Waals surface area contributed by atoms with Crippen LogP contribution >= 0.6 is 15.9 Å². The number of hydrogen-bond acceptors (Lipinski definition) is 2. The second-order valence-electron chi connectivity index (χ2n) is 4.28. The van der Waals surface area contributed by atoms with Gasteiger partial charge < -0.3 is 0 Å². The summed E-state index contributed by atoms with van der Waals surface area (Å²) in [4.78, 5) is 0. The average molecular weight is 324 g/mol. The molecule has 3 aromatic rings. The van der Waals surface area contributed by atoms with Crippen molar-refractivity contribution in [1.82, 2.24) is 9.78 Å². The molecule has 0 N–H and O–H groups in total. The molecule has 2 aromatic carbocycles. The Kier molecular flexibility index (Phi) is 3.36. The van der Waals surface area contributed by atoms with Crippen LogP contribution in [0.15, 0.2) is 65.1 Å². The molecule has 0 aliphatic carbocycles. The van der Waals surface area contributed by atoms with Crippen LogP contribution in [0.5, 0.6) is 0 Å². The normalized spacial score (nSPS) is 10.2. The summed E-state index contributed by atoms with van der Waals surface area (Å²) < 4.78 is 2.80. The maximum absolute atomic E-state index is 9.08. The fourth-order valence-corrected chi connectivity index (χ4v) is 2.29. The highest BCUT2D eigenvalue weighted by Crippen LogP contribution is 2.24. The van der Waals surface area contributed by atoms with E-state index in [-0.39, 0.29) is 0 Å². The quantitative estimate of drug-likeness (QED) is 0.710. The molecule has 0 aliphatic rings. The van der Waals surface area contributed by atoms with Crippen LogP contribution in [0.3, 0.4) is 0 Å². The van der Waals surface area contributed by atoms with E-state index in [0.29, 0.717) is 5.69 Å². The largest absolute Gasteiger partial charge is 0.232 e. The van der Waals surface area contributed by atoms with E-state index in [1.807, 2.05) is 54.6 Å². The zero-order chi connectivity index (χ0) is 13.9. The molecule has 4 heteroatoms. The molecule has 20 heavy (non-hydrogen) atoms. The first-order valence-corrected chi connectivity index (χ1v) is 6.89. The molecule has 1 aromatic heterocycles. The van der Waals surface area contributed by atoms with Gasteiger partial charge in [-0.15, -0.1) is 0 Å². The maximum atomic E-state index is 9.08. The maximum Gasteiger partial charge on any atom is 0.163 e. The van der Waals surface area contributed by atoms with E-state index in [1.165, 1.54) is 0 Å². The summed E-state index contributed by atoms with van der Waals surface area (Å²) in [6, 6.07) is 21.7. The smallest absolute Gasteiger partial charge is 0.163 e. The van der Waals surface area contributed by atoms with Crippen LogP contribution in [-0.4, -0.2) is 9.78 Å². The van der Waals surface area contributed by atoms with Crippen molar-refractivity contribution < 1.29 is 0 Å². The third kappa shape index (κ3) is 2.36. The van der Waals surface area contributed by atoms with E-state index in [4.69, 9.17) is 5.26 Å². The predicted octanol–water partition coefficient (Wildman–Crippen LogP) is 4.17. The van der Waals surface area contributed by atoms with Crippen molar-refractivity contribution in [3.8, 4) is 23.0 Å². The third-order valence-corrected chi connectivity index (χ3v) is 3.49. The summed E-state index contributed by atoms with van der Waals surface area (Å²) in [5.41, 5.74) is 3.27. The number of rotatable bonds is 2. The Morgan fingerprint density at radius 2 is 1.70 bits per heavy atom. The molecule has 0 atom stereocenters. The SMILES string of the molecule is N#Cc1cc(-c2ccccc2)n(-c2ccc(Br)cc2)n1. The van der Waals surface area contributed by atoms with Gasteiger partial charge in [0, 0.05) is 16.1 Å². The minimum atomic E-state index is 0.409. The van der Waals surface area contributed by atoms with Crippen molar-refractivity contribution in [2.45, 2.75) is 0 Å². The van der Waals surface area contributed by atoms with Crippen LogP contribution < -0.4 is 0 Å². The molecule has 96 valence electrons. The van der Waals surface area contributed by atoms with Gasteiger partial charge in [0.05, 0.1) is 11.4 Å². The molecule has 0 bridgehead atoms. The summed E-state index contributed by atoms with van der Waals surface area (Å²) in [6.07, 6.45) is 0. The van der Waals surface area contributed by atoms with E-state index in [1.54, 1.807) is 10.7 Å². The lowest BCUT2D eigenvalue weighted by atomic mass is 10.1. The molecule has 0 aliphatic heterocycles. The van der Waals surface area contributed by atoms with Gasteiger partial charge in [0.25, 0.3) is 0 Å². The van der Waals surface area contributed by atoms with Gasteiger partial charge in [-0.25, -0.2) is 4.68 Å². The first kappa shape index (κ1) is 12.6. The first-order chi connectivity index (χ1) is 9.78. The summed E-state index contributed by atoms with van der Waals surface area (Å²) in [7, 11) is 0. The molecule has 0 amide bonds. The first-order valence-electron chi connectivity index (χ1n) is 6.09. The lowest BCUT2D eigenvalue weighted by Crippen LogP contribution is -1.98. The van der Waals surface area contributed by atoms with Crippen LogP contribution in [0.25, 0.3) is 16.9 Å². The number of nitriles is 1. The Hall–Kier alpha value is -2.38. The van der Waals surface area contributed by atoms with E-state index in [9.17, 15) is 0 Å². The van der Waals surface area contributed by atoms with Crippen LogP contribution in [0, 0.1) is 11.3 Å². The Bertz CT molecular complexity index is 768. The van der Waals surface area contributed by atoms with E-state index >= 15 is 0 Å². The molecular weight excluding hydrogens is 314 g/mol. The summed E-state index contributed by atoms with van der Waals surface area (Å²) in [5, 5.41) is 13.4. The Balaban J connectivity index is 2.18. The van der Waals surface area contributed by atoms with Crippen LogP contribution in [0.4, 0.5) is 0 Å². The fourth-order valence-electron chi connectivity index (χ4n) is 2.03. The third-order valence-electron chi connectivity index (χ3n) is 2.96. The van der Waals surface area contributed by atoms with E-state index in [2.05, 4.69) is 27.1 Å². The van der Waals surface area contributed by atoms with Crippen molar-refractivity contribution in [2.75, 3.05) is 0 Å². The minimum Gasteiger partial charge on any atom is -0.232 e. The van der Waals surface area contributed by atoms with Gasteiger partial charge in [-0.05, 0) is 24.3 Å². The average Bonchev–Trinajstić information content (AvgIpc) is 2.93. The lowest BCUT2D eigenvalue weighted by molar-refractivity contribution is 0.880. The van der Waals surface area contributed by atoms with Crippen LogP contribution in [0.1, 0.15) is 5.69 Å². The number of halogens is 1. The highest BCUT2D eigenvalue weighted by atomic mass is 79.9. The van der Waals surface area contributed by atoms with Crippen molar-refractivity contribution in [3.05, 3.63) is 70.8 Å². The van der Waals surface area contributed by atoms with E-state index < -0.39 is 0 Å². The van der Waals surface area contributed by atoms with Gasteiger partial charge >= 0.3 is 0 Å². The summed E-state index contributed by atoms with van der Waals surface area (Å²) >= 11 is 3.42. The Morgan fingerprint density at radius 1 is 1.00 bits per heavy atom. The molecule has 3 nitrogen and oxygen atoms in total. The number of benzene rings is 2. The lowest BCUT2D eigenvalue weighted by Gasteiger charge is -2.07. The van der Waals surface area contributed by atoms with Gasteiger partial charge in [0.15, 0.2) is 5.69 Å². The van der Waals surface area contributed by atoms with Crippen LogP contribution in [0.2, 0.25) is 0 Å². The topological polar surface area (TPSA) is 41.6 Å². The molecular formula is C16H10BrN3. The van der Waals surface area contributed by atoms with Gasteiger partial charge in [0.2, 0.25) is 0 Å². The molecule has 1 heterocycles. The second-order valence-corrected chi connectivity index (χ2v) is 5.20. The van der Waals surface area contributed by atoms with Gasteiger partial charge in [0.1, 0.15) is 6.07 Å². The summed E-state index contributed by atoms with van der Waals surface area (Å²) in [6.45, 7) is 0. The van der Waals surface area contributed by atoms with Crippen LogP contribution in [-0.2, 0) is 0 Å². The van der Waals surface area contributed by atoms with Crippen molar-refractivity contribution in [2.24, 2.45) is 0 Å². The molecule has 0 unspecified atom stereocenters. The van der Waals surface area contributed by atoms with E-state index in [0.717, 1.165) is 21.4 Å². The standard InChI is InChI=1S/C16H10BrN3/c17-13-6-8-15(9-7-13)20-16(10-14(11-18)19-20)12-4-2-1-3-5-12/h1-10H. The number of hydrogen-bond donors (Lipinski definition) is 0. The highest BCUT2D eigenvalue weighted by Gasteiger charge is 2.11. The molecule has 0 radical (unpaired) electrons. The Morgan fingerprint density at radius 3 is 2.35 bits per heavy atom. The minimum absolute atomic E-state index is 0.409. The molecule has 0 spiro atoms. The molecule has 0 saturated carbocycles. The summed E-state index contributed by atoms with van der Waals surface area (Å²) in [5.74, 6) is 0. The molecule has 0 saturated heterocycles.